The lowest BCUT2D eigenvalue weighted by Crippen LogP contribution is -2.35. The van der Waals surface area contributed by atoms with Crippen LogP contribution in [0.3, 0.4) is 0 Å². The molecule has 0 saturated carbocycles. The lowest BCUT2D eigenvalue weighted by molar-refractivity contribution is 0.249. The minimum Gasteiger partial charge on any atom is -0.352 e. The van der Waals surface area contributed by atoms with Crippen LogP contribution in [0.5, 0.6) is 0 Å². The first kappa shape index (κ1) is 11.5. The first-order valence-electron chi connectivity index (χ1n) is 4.82. The van der Waals surface area contributed by atoms with Gasteiger partial charge >= 0.3 is 6.03 Å². The Labute approximate surface area is 88.8 Å². The van der Waals surface area contributed by atoms with Gasteiger partial charge in [-0.2, -0.15) is 5.10 Å². The van der Waals surface area contributed by atoms with E-state index >= 15 is 0 Å². The highest BCUT2D eigenvalue weighted by molar-refractivity contribution is 5.71. The van der Waals surface area contributed by atoms with Gasteiger partial charge in [-0.15, -0.1) is 0 Å². The highest BCUT2D eigenvalue weighted by atomic mass is 16.2. The number of nitrogens with two attached hydrogens (primary N) is 1. The van der Waals surface area contributed by atoms with E-state index in [0.29, 0.717) is 13.1 Å². The highest BCUT2D eigenvalue weighted by Crippen LogP contribution is 2.03. The van der Waals surface area contributed by atoms with E-state index in [1.165, 1.54) is 0 Å². The van der Waals surface area contributed by atoms with Crippen LogP contribution >= 0.6 is 0 Å². The van der Waals surface area contributed by atoms with Crippen molar-refractivity contribution in [3.8, 4) is 0 Å². The number of rotatable bonds is 5. The van der Waals surface area contributed by atoms with Crippen LogP contribution < -0.4 is 16.4 Å². The molecule has 0 aliphatic carbocycles. The molecule has 0 fully saturated rings. The number of carbonyl (C=O) groups excluding carboxylic acids is 1. The minimum atomic E-state index is -0.491. The second kappa shape index (κ2) is 5.35. The molecule has 0 radical (unpaired) electrons. The number of nitrogens with one attached hydrogen (secondary N) is 2. The number of primary amides is 1. The Hall–Kier alpha value is -1.56. The van der Waals surface area contributed by atoms with Gasteiger partial charge in [0.1, 0.15) is 0 Å². The molecule has 1 rings (SSSR count). The molecule has 4 N–H and O–H groups in total. The zero-order valence-corrected chi connectivity index (χ0v) is 9.08. The number of nitrogens with zero attached hydrogens (tertiary/aromatic N) is 2. The maximum Gasteiger partial charge on any atom is 0.312 e. The number of aromatic nitrogens is 2. The summed E-state index contributed by atoms with van der Waals surface area (Å²) in [4.78, 5) is 10.4. The summed E-state index contributed by atoms with van der Waals surface area (Å²) in [7, 11) is 1.91. The summed E-state index contributed by atoms with van der Waals surface area (Å²) in [6.45, 7) is 4.00. The second-order valence-electron chi connectivity index (χ2n) is 3.35. The van der Waals surface area contributed by atoms with Crippen molar-refractivity contribution in [2.45, 2.75) is 13.5 Å². The van der Waals surface area contributed by atoms with Gasteiger partial charge in [-0.3, -0.25) is 4.68 Å². The molecule has 84 valence electrons. The van der Waals surface area contributed by atoms with Crippen LogP contribution in [-0.4, -0.2) is 28.9 Å². The fourth-order valence-electron chi connectivity index (χ4n) is 1.21. The number of aryl methyl sites for hydroxylation is 1. The lowest BCUT2D eigenvalue weighted by atomic mass is 10.2. The summed E-state index contributed by atoms with van der Waals surface area (Å²) in [5.41, 5.74) is 7.23. The van der Waals surface area contributed by atoms with Crippen molar-refractivity contribution in [1.82, 2.24) is 20.4 Å². The van der Waals surface area contributed by atoms with Gasteiger partial charge in [0.2, 0.25) is 0 Å². The molecule has 0 atom stereocenters. The average Bonchev–Trinajstić information content (AvgIpc) is 2.48. The summed E-state index contributed by atoms with van der Waals surface area (Å²) in [5, 5.41) is 9.82. The van der Waals surface area contributed by atoms with Crippen LogP contribution in [0.25, 0.3) is 0 Å². The number of hydrogen-bond acceptors (Lipinski definition) is 3. The lowest BCUT2D eigenvalue weighted by Gasteiger charge is -2.04. The number of carbonyl (C=O) groups is 1. The van der Waals surface area contributed by atoms with Crippen molar-refractivity contribution in [3.05, 3.63) is 17.5 Å². The largest absolute Gasteiger partial charge is 0.352 e. The Kier molecular flexibility index (Phi) is 4.11. The smallest absolute Gasteiger partial charge is 0.312 e. The van der Waals surface area contributed by atoms with Crippen LogP contribution in [-0.2, 0) is 13.6 Å². The molecular weight excluding hydrogens is 194 g/mol. The van der Waals surface area contributed by atoms with Gasteiger partial charge in [0.05, 0.1) is 6.20 Å². The van der Waals surface area contributed by atoms with E-state index in [9.17, 15) is 4.79 Å². The van der Waals surface area contributed by atoms with Crippen molar-refractivity contribution in [1.29, 1.82) is 0 Å². The third kappa shape index (κ3) is 3.59. The van der Waals surface area contributed by atoms with E-state index in [1.54, 1.807) is 0 Å². The summed E-state index contributed by atoms with van der Waals surface area (Å²) < 4.78 is 1.83. The van der Waals surface area contributed by atoms with Gasteiger partial charge in [0.25, 0.3) is 0 Å². The molecule has 15 heavy (non-hydrogen) atoms. The van der Waals surface area contributed by atoms with E-state index in [1.807, 2.05) is 24.9 Å². The monoisotopic (exact) mass is 211 g/mol. The van der Waals surface area contributed by atoms with E-state index in [0.717, 1.165) is 17.8 Å². The Balaban J connectivity index is 2.20. The van der Waals surface area contributed by atoms with Gasteiger partial charge in [-0.05, 0) is 6.92 Å². The van der Waals surface area contributed by atoms with Crippen molar-refractivity contribution < 1.29 is 4.79 Å². The van der Waals surface area contributed by atoms with Gasteiger partial charge in [0.15, 0.2) is 0 Å². The normalized spacial score (nSPS) is 10.3. The number of hydrogen-bond donors (Lipinski definition) is 3. The van der Waals surface area contributed by atoms with Gasteiger partial charge in [0, 0.05) is 37.9 Å². The first-order chi connectivity index (χ1) is 7.11. The molecular formula is C9H17N5O. The van der Waals surface area contributed by atoms with Crippen LogP contribution in [0.15, 0.2) is 6.20 Å². The molecule has 1 heterocycles. The summed E-state index contributed by atoms with van der Waals surface area (Å²) >= 11 is 0. The Morgan fingerprint density at radius 3 is 2.87 bits per heavy atom. The molecule has 0 saturated heterocycles. The Morgan fingerprint density at radius 1 is 1.60 bits per heavy atom. The average molecular weight is 211 g/mol. The molecule has 1 aromatic rings. The Morgan fingerprint density at radius 2 is 2.33 bits per heavy atom. The number of amides is 2. The molecule has 0 aliphatic rings. The molecule has 0 aromatic carbocycles. The highest BCUT2D eigenvalue weighted by Gasteiger charge is 2.01. The predicted molar refractivity (Wildman–Crippen MR) is 57.2 cm³/mol. The maximum atomic E-state index is 10.4. The molecule has 6 nitrogen and oxygen atoms in total. The zero-order chi connectivity index (χ0) is 11.3. The van der Waals surface area contributed by atoms with E-state index in [-0.39, 0.29) is 0 Å². The quantitative estimate of drug-likeness (QED) is 0.573. The first-order valence-corrected chi connectivity index (χ1v) is 4.82. The molecule has 0 aliphatic heterocycles. The van der Waals surface area contributed by atoms with Crippen LogP contribution in [0.1, 0.15) is 11.3 Å². The molecule has 0 unspecified atom stereocenters. The summed E-state index contributed by atoms with van der Waals surface area (Å²) in [6, 6.07) is -0.491. The molecule has 0 bridgehead atoms. The summed E-state index contributed by atoms with van der Waals surface area (Å²) in [5.74, 6) is 0. The molecule has 2 amide bonds. The van der Waals surface area contributed by atoms with Crippen LogP contribution in [0.4, 0.5) is 4.79 Å². The topological polar surface area (TPSA) is 85.0 Å². The van der Waals surface area contributed by atoms with Gasteiger partial charge < -0.3 is 16.4 Å². The van der Waals surface area contributed by atoms with Crippen molar-refractivity contribution >= 4 is 6.03 Å². The SMILES string of the molecule is Cc1c(CNCCNC(N)=O)cnn1C. The van der Waals surface area contributed by atoms with Crippen LogP contribution in [0, 0.1) is 6.92 Å². The fraction of sp³-hybridized carbons (Fsp3) is 0.556. The van der Waals surface area contributed by atoms with Crippen LogP contribution in [0.2, 0.25) is 0 Å². The molecule has 6 heteroatoms. The molecule has 0 spiro atoms. The van der Waals surface area contributed by atoms with Gasteiger partial charge in [-0.25, -0.2) is 4.79 Å². The second-order valence-corrected chi connectivity index (χ2v) is 3.35. The zero-order valence-electron chi connectivity index (χ0n) is 9.08. The van der Waals surface area contributed by atoms with Gasteiger partial charge in [-0.1, -0.05) is 0 Å². The van der Waals surface area contributed by atoms with E-state index in [2.05, 4.69) is 15.7 Å². The van der Waals surface area contributed by atoms with Crippen molar-refractivity contribution in [3.63, 3.8) is 0 Å². The Bertz CT molecular complexity index is 333. The molecule has 1 aromatic heterocycles. The third-order valence-corrected chi connectivity index (χ3v) is 2.25. The predicted octanol–water partition coefficient (Wildman–Crippen LogP) is -0.514. The standard InChI is InChI=1S/C9H17N5O/c1-7-8(6-13-14(7)2)5-11-3-4-12-9(10)15/h6,11H,3-5H2,1-2H3,(H3,10,12,15). The third-order valence-electron chi connectivity index (χ3n) is 2.25. The van der Waals surface area contributed by atoms with Crippen molar-refractivity contribution in [2.75, 3.05) is 13.1 Å². The van der Waals surface area contributed by atoms with E-state index < -0.39 is 6.03 Å². The number of urea groups is 1. The fourth-order valence-corrected chi connectivity index (χ4v) is 1.21. The maximum absolute atomic E-state index is 10.4. The van der Waals surface area contributed by atoms with E-state index in [4.69, 9.17) is 5.73 Å². The van der Waals surface area contributed by atoms with Crippen molar-refractivity contribution in [2.24, 2.45) is 12.8 Å². The minimum absolute atomic E-state index is 0.491. The summed E-state index contributed by atoms with van der Waals surface area (Å²) in [6.07, 6.45) is 1.84.